The minimum absolute atomic E-state index is 0.0357. The van der Waals surface area contributed by atoms with Crippen molar-refractivity contribution in [3.8, 4) is 5.75 Å². The molecule has 1 saturated carbocycles. The second kappa shape index (κ2) is 6.69. The van der Waals surface area contributed by atoms with Crippen molar-refractivity contribution in [2.45, 2.75) is 23.8 Å². The topological polar surface area (TPSA) is 104 Å². The van der Waals surface area contributed by atoms with Crippen molar-refractivity contribution >= 4 is 33.7 Å². The molecule has 0 atom stereocenters. The second-order valence-corrected chi connectivity index (χ2v) is 9.02. The number of hydrogen-bond acceptors (Lipinski definition) is 5. The normalized spacial score (nSPS) is 21.3. The summed E-state index contributed by atoms with van der Waals surface area (Å²) >= 11 is 0. The molecular formula is C19H17BFN3O4S. The van der Waals surface area contributed by atoms with Crippen molar-refractivity contribution in [2.75, 3.05) is 0 Å². The maximum Gasteiger partial charge on any atom is 0.552 e. The van der Waals surface area contributed by atoms with Gasteiger partial charge in [-0.15, -0.1) is 0 Å². The molecule has 0 radical (unpaired) electrons. The van der Waals surface area contributed by atoms with Crippen molar-refractivity contribution in [1.82, 2.24) is 14.7 Å². The Bertz CT molecular complexity index is 1220. The monoisotopic (exact) mass is 413 g/mol. The molecule has 0 spiro atoms. The maximum atomic E-state index is 13.1. The van der Waals surface area contributed by atoms with E-state index in [4.69, 9.17) is 4.65 Å². The van der Waals surface area contributed by atoms with Crippen molar-refractivity contribution < 1.29 is 22.5 Å². The highest BCUT2D eigenvalue weighted by Crippen LogP contribution is 2.46. The molecule has 0 saturated heterocycles. The van der Waals surface area contributed by atoms with E-state index in [0.717, 1.165) is 34.3 Å². The molecule has 1 aromatic carbocycles. The first-order valence-electron chi connectivity index (χ1n) is 9.21. The molecule has 2 aliphatic rings. The van der Waals surface area contributed by atoms with Gasteiger partial charge < -0.3 is 14.7 Å². The van der Waals surface area contributed by atoms with Crippen LogP contribution in [0.15, 0.2) is 53.6 Å². The Hall–Kier alpha value is -2.69. The fourth-order valence-electron chi connectivity index (χ4n) is 3.99. The highest BCUT2D eigenvalue weighted by molar-refractivity contribution is 7.89. The first kappa shape index (κ1) is 18.4. The lowest BCUT2D eigenvalue weighted by Gasteiger charge is -2.39. The van der Waals surface area contributed by atoms with Crippen LogP contribution in [0, 0.1) is 11.7 Å². The smallest absolute Gasteiger partial charge is 0.531 e. The summed E-state index contributed by atoms with van der Waals surface area (Å²) in [7, 11) is -4.78. The lowest BCUT2D eigenvalue weighted by molar-refractivity contribution is 0.308. The number of fused-ring (bicyclic) bond motifs is 3. The van der Waals surface area contributed by atoms with Crippen molar-refractivity contribution in [3.63, 3.8) is 0 Å². The Balaban J connectivity index is 1.36. The Labute approximate surface area is 166 Å². The maximum absolute atomic E-state index is 13.1. The van der Waals surface area contributed by atoms with Crippen molar-refractivity contribution in [3.05, 3.63) is 60.1 Å². The van der Waals surface area contributed by atoms with Crippen LogP contribution in [0.5, 0.6) is 5.75 Å². The summed E-state index contributed by atoms with van der Waals surface area (Å²) in [6.07, 6.45) is 4.55. The van der Waals surface area contributed by atoms with Gasteiger partial charge in [-0.1, -0.05) is 0 Å². The zero-order chi connectivity index (χ0) is 20.2. The predicted octanol–water partition coefficient (Wildman–Crippen LogP) is 2.25. The molecule has 0 amide bonds. The van der Waals surface area contributed by atoms with Gasteiger partial charge in [0, 0.05) is 23.2 Å². The Kier molecular flexibility index (Phi) is 4.23. The van der Waals surface area contributed by atoms with Gasteiger partial charge in [0.25, 0.3) is 0 Å². The van der Waals surface area contributed by atoms with Gasteiger partial charge in [-0.05, 0) is 60.6 Å². The molecule has 7 nitrogen and oxygen atoms in total. The number of allylic oxidation sites excluding steroid dienone is 1. The molecule has 148 valence electrons. The number of pyridine rings is 1. The molecule has 0 unspecified atom stereocenters. The summed E-state index contributed by atoms with van der Waals surface area (Å²) in [6, 6.07) is 6.42. The molecule has 5 rings (SSSR count). The summed E-state index contributed by atoms with van der Waals surface area (Å²) in [5.41, 5.74) is 2.54. The molecule has 1 fully saturated rings. The minimum atomic E-state index is -3.71. The van der Waals surface area contributed by atoms with E-state index >= 15 is 0 Å². The van der Waals surface area contributed by atoms with Crippen LogP contribution in [0.25, 0.3) is 16.6 Å². The number of rotatable bonds is 4. The molecule has 3 aromatic rings. The number of H-pyrrole nitrogens is 1. The van der Waals surface area contributed by atoms with E-state index in [0.29, 0.717) is 18.6 Å². The molecule has 1 aliphatic heterocycles. The van der Waals surface area contributed by atoms with Crippen LogP contribution < -0.4 is 9.38 Å². The van der Waals surface area contributed by atoms with Gasteiger partial charge in [-0.2, -0.15) is 0 Å². The molecule has 3 N–H and O–H groups in total. The third-order valence-corrected chi connectivity index (χ3v) is 6.97. The van der Waals surface area contributed by atoms with E-state index in [9.17, 15) is 17.8 Å². The molecule has 0 bridgehead atoms. The SMILES string of the molecule is O=S(=O)(NC1CC(C2=CB(O)Oc3cnc4[nH]ccc4c32)C1)c1ccc(F)cc1. The number of nitrogens with one attached hydrogen (secondary N) is 2. The lowest BCUT2D eigenvalue weighted by Crippen LogP contribution is -2.45. The van der Waals surface area contributed by atoms with E-state index < -0.39 is 23.0 Å². The summed E-state index contributed by atoms with van der Waals surface area (Å²) < 4.78 is 46.2. The number of halogens is 1. The highest BCUT2D eigenvalue weighted by Gasteiger charge is 2.39. The van der Waals surface area contributed by atoms with Crippen molar-refractivity contribution in [1.29, 1.82) is 0 Å². The van der Waals surface area contributed by atoms with Gasteiger partial charge in [0.1, 0.15) is 17.2 Å². The standard InChI is InChI=1S/C19H17BFN3O4S/c21-12-1-3-14(4-2-12)29(26,27)24-13-7-11(8-13)16-9-20(25)28-17-10-23-19-15(18(16)17)5-6-22-19/h1-6,9-11,13,24-25H,7-8H2,(H,22,23). The van der Waals surface area contributed by atoms with Crippen LogP contribution in [0.2, 0.25) is 0 Å². The van der Waals surface area contributed by atoms with Crippen LogP contribution in [-0.4, -0.2) is 36.6 Å². The van der Waals surface area contributed by atoms with Crippen LogP contribution in [0.3, 0.4) is 0 Å². The third kappa shape index (κ3) is 3.23. The first-order valence-corrected chi connectivity index (χ1v) is 10.7. The van der Waals surface area contributed by atoms with Gasteiger partial charge >= 0.3 is 7.12 Å². The number of aromatic nitrogens is 2. The van der Waals surface area contributed by atoms with Gasteiger partial charge in [-0.25, -0.2) is 22.5 Å². The fourth-order valence-corrected chi connectivity index (χ4v) is 5.25. The Morgan fingerprint density at radius 3 is 2.76 bits per heavy atom. The summed E-state index contributed by atoms with van der Waals surface area (Å²) in [5.74, 6) is 1.78. The predicted molar refractivity (Wildman–Crippen MR) is 106 cm³/mol. The van der Waals surface area contributed by atoms with E-state index in [1.165, 1.54) is 12.1 Å². The molecule has 3 heterocycles. The largest absolute Gasteiger partial charge is 0.552 e. The third-order valence-electron chi connectivity index (χ3n) is 5.43. The average molecular weight is 413 g/mol. The second-order valence-electron chi connectivity index (χ2n) is 7.31. The zero-order valence-electron chi connectivity index (χ0n) is 15.2. The van der Waals surface area contributed by atoms with Gasteiger partial charge in [0.15, 0.2) is 0 Å². The van der Waals surface area contributed by atoms with E-state index in [1.807, 2.05) is 6.07 Å². The molecule has 1 aliphatic carbocycles. The van der Waals surface area contributed by atoms with Crippen molar-refractivity contribution in [2.24, 2.45) is 5.92 Å². The van der Waals surface area contributed by atoms with E-state index in [1.54, 1.807) is 18.4 Å². The fraction of sp³-hybridized carbons (Fsp3) is 0.211. The number of sulfonamides is 1. The van der Waals surface area contributed by atoms with Crippen LogP contribution >= 0.6 is 0 Å². The van der Waals surface area contributed by atoms with Crippen LogP contribution in [-0.2, 0) is 10.0 Å². The zero-order valence-corrected chi connectivity index (χ0v) is 16.0. The number of hydrogen-bond donors (Lipinski definition) is 3. The van der Waals surface area contributed by atoms with E-state index in [2.05, 4.69) is 14.7 Å². The minimum Gasteiger partial charge on any atom is -0.531 e. The summed E-state index contributed by atoms with van der Waals surface area (Å²) in [5, 5.41) is 11.0. The first-order chi connectivity index (χ1) is 13.9. The molecule has 29 heavy (non-hydrogen) atoms. The van der Waals surface area contributed by atoms with Crippen LogP contribution in [0.4, 0.5) is 4.39 Å². The quantitative estimate of drug-likeness (QED) is 0.570. The average Bonchev–Trinajstić information content (AvgIpc) is 3.12. The number of aromatic amines is 1. The van der Waals surface area contributed by atoms with Gasteiger partial charge in [0.2, 0.25) is 10.0 Å². The number of benzene rings is 1. The van der Waals surface area contributed by atoms with Gasteiger partial charge in [0.05, 0.1) is 11.1 Å². The Morgan fingerprint density at radius 1 is 1.24 bits per heavy atom. The molecular weight excluding hydrogens is 396 g/mol. The van der Waals surface area contributed by atoms with Crippen LogP contribution in [0.1, 0.15) is 18.4 Å². The Morgan fingerprint density at radius 2 is 2.00 bits per heavy atom. The number of nitrogens with zero attached hydrogens (tertiary/aromatic N) is 1. The molecule has 2 aromatic heterocycles. The highest BCUT2D eigenvalue weighted by atomic mass is 32.2. The lowest BCUT2D eigenvalue weighted by atomic mass is 9.68. The molecule has 10 heteroatoms. The van der Waals surface area contributed by atoms with Gasteiger partial charge in [-0.3, -0.25) is 0 Å². The van der Waals surface area contributed by atoms with E-state index in [-0.39, 0.29) is 16.9 Å². The summed E-state index contributed by atoms with van der Waals surface area (Å²) in [6.45, 7) is 0. The summed E-state index contributed by atoms with van der Waals surface area (Å²) in [4.78, 5) is 7.39.